The highest BCUT2D eigenvalue weighted by Crippen LogP contribution is 2.25. The minimum atomic E-state index is -0.977. The zero-order valence-corrected chi connectivity index (χ0v) is 19.7. The van der Waals surface area contributed by atoms with Gasteiger partial charge in [-0.15, -0.1) is 0 Å². The van der Waals surface area contributed by atoms with E-state index in [-0.39, 0.29) is 17.7 Å². The van der Waals surface area contributed by atoms with E-state index >= 15 is 0 Å². The molecule has 166 valence electrons. The third kappa shape index (κ3) is 6.57. The lowest BCUT2D eigenvalue weighted by Gasteiger charge is -2.10. The number of rotatable bonds is 8. The molecule has 0 saturated carbocycles. The molecule has 0 bridgehead atoms. The van der Waals surface area contributed by atoms with Crippen LogP contribution >= 0.6 is 22.6 Å². The number of nitrogens with one attached hydrogen (secondary N) is 1. The topological polar surface area (TPSA) is 109 Å². The summed E-state index contributed by atoms with van der Waals surface area (Å²) in [4.78, 5) is 23.4. The number of carbonyl (C=O) groups is 2. The van der Waals surface area contributed by atoms with Crippen LogP contribution in [0, 0.1) is 14.9 Å². The van der Waals surface area contributed by atoms with Crippen LogP contribution in [0.25, 0.3) is 6.08 Å². The van der Waals surface area contributed by atoms with E-state index < -0.39 is 11.9 Å². The zero-order valence-electron chi connectivity index (χ0n) is 17.5. The van der Waals surface area contributed by atoms with Gasteiger partial charge in [0.05, 0.1) is 16.2 Å². The van der Waals surface area contributed by atoms with Gasteiger partial charge in [-0.3, -0.25) is 4.79 Å². The largest absolute Gasteiger partial charge is 0.497 e. The molecule has 0 atom stereocenters. The highest BCUT2D eigenvalue weighted by atomic mass is 127. The maximum Gasteiger partial charge on any atom is 0.335 e. The minimum absolute atomic E-state index is 0.0335. The van der Waals surface area contributed by atoms with Gasteiger partial charge in [-0.2, -0.15) is 5.26 Å². The fraction of sp³-hybridized carbons (Fsp3) is 0.0800. The monoisotopic (exact) mass is 554 g/mol. The number of hydrogen-bond acceptors (Lipinski definition) is 5. The Morgan fingerprint density at radius 2 is 1.79 bits per heavy atom. The van der Waals surface area contributed by atoms with Gasteiger partial charge in [-0.25, -0.2) is 4.79 Å². The van der Waals surface area contributed by atoms with E-state index in [1.165, 1.54) is 18.2 Å². The number of aromatic carboxylic acids is 1. The summed E-state index contributed by atoms with van der Waals surface area (Å²) < 4.78 is 11.7. The lowest BCUT2D eigenvalue weighted by atomic mass is 10.1. The van der Waals surface area contributed by atoms with Crippen LogP contribution < -0.4 is 14.8 Å². The van der Waals surface area contributed by atoms with E-state index in [1.54, 1.807) is 61.7 Å². The number of ether oxygens (including phenoxy) is 2. The summed E-state index contributed by atoms with van der Waals surface area (Å²) in [7, 11) is 1.56. The summed E-state index contributed by atoms with van der Waals surface area (Å²) in [6.07, 6.45) is 1.51. The maximum atomic E-state index is 12.5. The molecule has 0 aliphatic rings. The number of anilines is 1. The van der Waals surface area contributed by atoms with Crippen LogP contribution in [0.15, 0.2) is 72.3 Å². The third-order valence-electron chi connectivity index (χ3n) is 4.58. The van der Waals surface area contributed by atoms with Gasteiger partial charge in [0.1, 0.15) is 29.7 Å². The fourth-order valence-electron chi connectivity index (χ4n) is 2.82. The van der Waals surface area contributed by atoms with Gasteiger partial charge in [0.2, 0.25) is 0 Å². The molecule has 3 aromatic rings. The van der Waals surface area contributed by atoms with Crippen LogP contribution in [0.5, 0.6) is 11.5 Å². The van der Waals surface area contributed by atoms with E-state index in [4.69, 9.17) is 14.6 Å². The molecule has 0 spiro atoms. The Bertz CT molecular complexity index is 1230. The number of amides is 1. The van der Waals surface area contributed by atoms with Crippen molar-refractivity contribution >= 4 is 46.2 Å². The summed E-state index contributed by atoms with van der Waals surface area (Å²) in [5.74, 6) is -0.188. The predicted octanol–water partition coefficient (Wildman–Crippen LogP) is 5.12. The molecule has 0 aromatic heterocycles. The van der Waals surface area contributed by atoms with Crippen LogP contribution in [0.3, 0.4) is 0 Å². The van der Waals surface area contributed by atoms with Crippen LogP contribution in [-0.2, 0) is 11.4 Å². The second-order valence-corrected chi connectivity index (χ2v) is 8.00. The van der Waals surface area contributed by atoms with Crippen molar-refractivity contribution in [1.82, 2.24) is 0 Å². The second kappa shape index (κ2) is 11.2. The molecule has 0 fully saturated rings. The van der Waals surface area contributed by atoms with Gasteiger partial charge in [0.25, 0.3) is 5.91 Å². The Balaban J connectivity index is 1.67. The number of carboxylic acids is 1. The molecule has 8 heteroatoms. The summed E-state index contributed by atoms with van der Waals surface area (Å²) in [5.41, 5.74) is 2.25. The standard InChI is InChI=1S/C25H19IN2O5/c1-32-21-9-7-20(8-10-21)28-24(29)19(14-27)12-17-4-11-23(22(26)13-17)33-15-16-2-5-18(6-3-16)25(30)31/h2-13H,15H2,1H3,(H,28,29)(H,30,31)/b19-12-. The third-order valence-corrected chi connectivity index (χ3v) is 5.42. The average Bonchev–Trinajstić information content (AvgIpc) is 2.82. The van der Waals surface area contributed by atoms with E-state index in [2.05, 4.69) is 27.9 Å². The van der Waals surface area contributed by atoms with E-state index in [0.717, 1.165) is 9.13 Å². The number of halogens is 1. The Morgan fingerprint density at radius 1 is 1.09 bits per heavy atom. The van der Waals surface area contributed by atoms with Gasteiger partial charge in [-0.1, -0.05) is 18.2 Å². The first-order valence-electron chi connectivity index (χ1n) is 9.71. The molecule has 0 aliphatic heterocycles. The molecular formula is C25H19IN2O5. The molecule has 0 aliphatic carbocycles. The molecule has 3 aromatic carbocycles. The molecular weight excluding hydrogens is 535 g/mol. The van der Waals surface area contributed by atoms with Crippen molar-refractivity contribution in [2.75, 3.05) is 12.4 Å². The molecule has 7 nitrogen and oxygen atoms in total. The Kier molecular flexibility index (Phi) is 8.05. The average molecular weight is 554 g/mol. The number of benzene rings is 3. The number of hydrogen-bond donors (Lipinski definition) is 2. The van der Waals surface area contributed by atoms with Crippen LogP contribution in [0.2, 0.25) is 0 Å². The summed E-state index contributed by atoms with van der Waals surface area (Å²) in [6.45, 7) is 0.277. The quantitative estimate of drug-likeness (QED) is 0.227. The van der Waals surface area contributed by atoms with E-state index in [1.807, 2.05) is 6.07 Å². The molecule has 2 N–H and O–H groups in total. The maximum absolute atomic E-state index is 12.5. The SMILES string of the molecule is COc1ccc(NC(=O)/C(C#N)=C\c2ccc(OCc3ccc(C(=O)O)cc3)c(I)c2)cc1. The lowest BCUT2D eigenvalue weighted by Crippen LogP contribution is -2.13. The summed E-state index contributed by atoms with van der Waals surface area (Å²) in [5, 5.41) is 21.1. The summed E-state index contributed by atoms with van der Waals surface area (Å²) >= 11 is 2.12. The van der Waals surface area contributed by atoms with Gasteiger partial charge >= 0.3 is 5.97 Å². The number of methoxy groups -OCH3 is 1. The number of carboxylic acid groups (broad SMARTS) is 1. The highest BCUT2D eigenvalue weighted by Gasteiger charge is 2.11. The molecule has 3 rings (SSSR count). The molecule has 0 radical (unpaired) electrons. The van der Waals surface area contributed by atoms with Crippen LogP contribution in [0.1, 0.15) is 21.5 Å². The zero-order chi connectivity index (χ0) is 23.8. The Hall–Kier alpha value is -3.84. The van der Waals surface area contributed by atoms with Crippen molar-refractivity contribution in [2.24, 2.45) is 0 Å². The van der Waals surface area contributed by atoms with Crippen molar-refractivity contribution < 1.29 is 24.2 Å². The lowest BCUT2D eigenvalue weighted by molar-refractivity contribution is -0.112. The normalized spacial score (nSPS) is 10.8. The van der Waals surface area contributed by atoms with E-state index in [9.17, 15) is 14.9 Å². The van der Waals surface area contributed by atoms with Crippen LogP contribution in [-0.4, -0.2) is 24.1 Å². The van der Waals surface area contributed by atoms with Crippen molar-refractivity contribution in [2.45, 2.75) is 6.61 Å². The second-order valence-electron chi connectivity index (χ2n) is 6.83. The van der Waals surface area contributed by atoms with Gasteiger partial charge in [0, 0.05) is 5.69 Å². The smallest absolute Gasteiger partial charge is 0.335 e. The molecule has 33 heavy (non-hydrogen) atoms. The van der Waals surface area contributed by atoms with Gasteiger partial charge in [-0.05, 0) is 88.3 Å². The van der Waals surface area contributed by atoms with Crippen LogP contribution in [0.4, 0.5) is 5.69 Å². The minimum Gasteiger partial charge on any atom is -0.497 e. The first-order chi connectivity index (χ1) is 15.9. The first-order valence-corrected chi connectivity index (χ1v) is 10.8. The van der Waals surface area contributed by atoms with Gasteiger partial charge in [0.15, 0.2) is 0 Å². The van der Waals surface area contributed by atoms with Crippen molar-refractivity contribution in [3.05, 3.63) is 92.6 Å². The molecule has 0 heterocycles. The van der Waals surface area contributed by atoms with E-state index in [0.29, 0.717) is 22.7 Å². The predicted molar refractivity (Wildman–Crippen MR) is 132 cm³/mol. The Morgan fingerprint density at radius 3 is 2.36 bits per heavy atom. The highest BCUT2D eigenvalue weighted by molar-refractivity contribution is 14.1. The molecule has 1 amide bonds. The number of carbonyl (C=O) groups excluding carboxylic acids is 1. The Labute approximate surface area is 204 Å². The molecule has 0 unspecified atom stereocenters. The van der Waals surface area contributed by atoms with Crippen molar-refractivity contribution in [3.63, 3.8) is 0 Å². The number of nitrogens with zero attached hydrogens (tertiary/aromatic N) is 1. The first kappa shape index (κ1) is 23.8. The summed E-state index contributed by atoms with van der Waals surface area (Å²) in [6, 6.07) is 20.5. The van der Waals surface area contributed by atoms with Crippen molar-refractivity contribution in [3.8, 4) is 17.6 Å². The fourth-order valence-corrected chi connectivity index (χ4v) is 3.51. The molecule has 0 saturated heterocycles. The van der Waals surface area contributed by atoms with Crippen molar-refractivity contribution in [1.29, 1.82) is 5.26 Å². The number of nitriles is 1. The van der Waals surface area contributed by atoms with Gasteiger partial charge < -0.3 is 19.9 Å².